The van der Waals surface area contributed by atoms with Crippen molar-refractivity contribution in [1.29, 1.82) is 0 Å². The first kappa shape index (κ1) is 92.5. The molecule has 0 aromatic carbocycles. The second kappa shape index (κ2) is 34.7. The van der Waals surface area contributed by atoms with Crippen LogP contribution in [0, 0.1) is 50.2 Å². The maximum absolute atomic E-state index is 16.4. The highest BCUT2D eigenvalue weighted by atomic mass is 16.8. The summed E-state index contributed by atoms with van der Waals surface area (Å²) in [4.78, 5) is 54.8. The molecule has 41 heteroatoms. The summed E-state index contributed by atoms with van der Waals surface area (Å²) < 4.78 is 91.0. The molecule has 43 atom stereocenters. The standard InChI is InChI=1S/C76H120O41/c1-28-41(84)46(89)50(93)61(106-28)113-55-42(85)29(2)107-65(117-68(100)74-15-14-69(4,5)18-32(74)31-10-11-37-71(7)19-33(80)59(116-63-52(95)48(91)44(87)35(23-78)110-63)73(9,67(98)99)38(71)12-13-72(37,8)75(31,25-79)17-16-74)57(55)115-64-53(96)56(114-66-58(97)76(102,27-105-66)26-104-40(83)21-70(6,101)20-39(81)82)54(30(3)108-64)112-60-49(92)45(88)36(24-103-60)111-62-51(94)47(90)43(86)34(22-77)109-62/h10,28-30,32-38,41-66,77-80,84-97,101-102H,11-27H2,1-9H3,(H,81,82)(H,98,99). The number of aliphatic hydroxyl groups excluding tert-OH is 18. The Morgan fingerprint density at radius 3 is 1.67 bits per heavy atom. The normalized spacial score (nSPS) is 51.7. The van der Waals surface area contributed by atoms with Gasteiger partial charge in [0.05, 0.1) is 86.7 Å². The molecule has 5 aliphatic carbocycles. The number of rotatable bonds is 24. The van der Waals surface area contributed by atoms with E-state index in [1.54, 1.807) is 0 Å². The Bertz CT molecular complexity index is 3500. The van der Waals surface area contributed by atoms with Crippen molar-refractivity contribution in [2.24, 2.45) is 50.2 Å². The number of esters is 2. The molecule has 0 aromatic rings. The lowest BCUT2D eigenvalue weighted by molar-refractivity contribution is -0.398. The molecular formula is C76H120O41. The van der Waals surface area contributed by atoms with Crippen LogP contribution in [0.4, 0.5) is 0 Å². The minimum absolute atomic E-state index is 0.0419. The van der Waals surface area contributed by atoms with Crippen LogP contribution in [-0.4, -0.2) is 390 Å². The van der Waals surface area contributed by atoms with E-state index in [-0.39, 0.29) is 38.5 Å². The molecule has 7 saturated heterocycles. The highest BCUT2D eigenvalue weighted by Gasteiger charge is 2.74. The van der Waals surface area contributed by atoms with Crippen LogP contribution in [0.25, 0.3) is 0 Å². The summed E-state index contributed by atoms with van der Waals surface area (Å²) in [5.74, 6) is -6.86. The zero-order chi connectivity index (χ0) is 86.0. The van der Waals surface area contributed by atoms with Crippen molar-refractivity contribution in [2.45, 2.75) is 347 Å². The molecule has 0 aromatic heterocycles. The van der Waals surface area contributed by atoms with Gasteiger partial charge in [0.1, 0.15) is 135 Å². The zero-order valence-electron chi connectivity index (χ0n) is 66.5. The summed E-state index contributed by atoms with van der Waals surface area (Å²) in [6, 6.07) is 0. The van der Waals surface area contributed by atoms with E-state index < -0.39 is 341 Å². The Morgan fingerprint density at radius 1 is 0.530 bits per heavy atom. The van der Waals surface area contributed by atoms with Crippen LogP contribution < -0.4 is 0 Å². The molecule has 12 aliphatic rings. The van der Waals surface area contributed by atoms with Crippen molar-refractivity contribution < 1.29 is 203 Å². The number of carbonyl (C=O) groups excluding carboxylic acids is 2. The molecule has 0 spiro atoms. The third-order valence-corrected chi connectivity index (χ3v) is 28.3. The number of hydrogen-bond acceptors (Lipinski definition) is 39. The molecule has 0 radical (unpaired) electrons. The fourth-order valence-electron chi connectivity index (χ4n) is 21.4. The highest BCUT2D eigenvalue weighted by molar-refractivity contribution is 5.79. The largest absolute Gasteiger partial charge is 0.481 e. The molecule has 22 N–H and O–H groups in total. The first-order chi connectivity index (χ1) is 54.6. The molecule has 117 heavy (non-hydrogen) atoms. The third kappa shape index (κ3) is 16.7. The highest BCUT2D eigenvalue weighted by Crippen LogP contribution is 2.76. The summed E-state index contributed by atoms with van der Waals surface area (Å²) in [6.07, 6.45) is -59.0. The second-order valence-corrected chi connectivity index (χ2v) is 36.5. The van der Waals surface area contributed by atoms with Crippen molar-refractivity contribution in [3.8, 4) is 0 Å². The van der Waals surface area contributed by atoms with E-state index in [9.17, 15) is 127 Å². The lowest BCUT2D eigenvalue weighted by Crippen LogP contribution is -2.71. The quantitative estimate of drug-likeness (QED) is 0.0243. The Morgan fingerprint density at radius 2 is 1.06 bits per heavy atom. The van der Waals surface area contributed by atoms with Gasteiger partial charge in [0, 0.05) is 5.41 Å². The molecule has 0 bridgehead atoms. The van der Waals surface area contributed by atoms with Gasteiger partial charge in [0.25, 0.3) is 0 Å². The summed E-state index contributed by atoms with van der Waals surface area (Å²) >= 11 is 0. The van der Waals surface area contributed by atoms with Crippen molar-refractivity contribution >= 4 is 23.9 Å². The first-order valence-electron chi connectivity index (χ1n) is 40.1. The number of aliphatic hydroxyl groups is 20. The van der Waals surface area contributed by atoms with Crippen LogP contribution in [0.5, 0.6) is 0 Å². The maximum atomic E-state index is 16.4. The third-order valence-electron chi connectivity index (χ3n) is 28.3. The smallest absolute Gasteiger partial charge is 0.315 e. The number of fused-ring (bicyclic) bond motifs is 7. The molecule has 7 heterocycles. The number of hydrogen-bond donors (Lipinski definition) is 22. The fraction of sp³-hybridized carbons (Fsp3) is 0.921. The topological polar surface area (TPSA) is 652 Å². The number of allylic oxidation sites excluding steroid dienone is 1. The molecule has 11 fully saturated rings. The Labute approximate surface area is 672 Å². The van der Waals surface area contributed by atoms with E-state index in [0.29, 0.717) is 19.3 Å². The van der Waals surface area contributed by atoms with E-state index in [4.69, 9.17) is 71.1 Å². The predicted molar refractivity (Wildman–Crippen MR) is 381 cm³/mol. The summed E-state index contributed by atoms with van der Waals surface area (Å²) in [6.45, 7) is 9.77. The molecule has 12 rings (SSSR count). The van der Waals surface area contributed by atoms with Gasteiger partial charge in [-0.1, -0.05) is 39.3 Å². The number of carboxylic acids is 2. The number of carboxylic acid groups (broad SMARTS) is 2. The molecule has 41 nitrogen and oxygen atoms in total. The Hall–Kier alpha value is -3.70. The predicted octanol–water partition coefficient (Wildman–Crippen LogP) is -7.03. The number of carbonyl (C=O) groups is 4. The van der Waals surface area contributed by atoms with Gasteiger partial charge in [0.15, 0.2) is 49.4 Å². The zero-order valence-corrected chi connectivity index (χ0v) is 66.5. The molecule has 0 amide bonds. The van der Waals surface area contributed by atoms with E-state index in [1.165, 1.54) is 27.7 Å². The second-order valence-electron chi connectivity index (χ2n) is 36.5. The van der Waals surface area contributed by atoms with Crippen LogP contribution >= 0.6 is 0 Å². The van der Waals surface area contributed by atoms with Gasteiger partial charge in [-0.25, -0.2) is 0 Å². The minimum Gasteiger partial charge on any atom is -0.481 e. The first-order valence-corrected chi connectivity index (χ1v) is 40.1. The molecule has 7 aliphatic heterocycles. The summed E-state index contributed by atoms with van der Waals surface area (Å²) in [5.41, 5.74) is -10.9. The van der Waals surface area contributed by atoms with Crippen LogP contribution in [0.2, 0.25) is 0 Å². The average Bonchev–Trinajstić information content (AvgIpc) is 1.02. The van der Waals surface area contributed by atoms with Gasteiger partial charge in [-0.05, 0) is 126 Å². The summed E-state index contributed by atoms with van der Waals surface area (Å²) in [5, 5.41) is 246. The van der Waals surface area contributed by atoms with Crippen molar-refractivity contribution in [3.63, 3.8) is 0 Å². The molecule has 4 saturated carbocycles. The van der Waals surface area contributed by atoms with E-state index in [2.05, 4.69) is 0 Å². The molecule has 670 valence electrons. The number of ether oxygens (including phenoxy) is 15. The minimum atomic E-state index is -2.56. The molecule has 43 unspecified atom stereocenters. The fourth-order valence-corrected chi connectivity index (χ4v) is 21.4. The van der Waals surface area contributed by atoms with Crippen LogP contribution in [-0.2, 0) is 90.2 Å². The van der Waals surface area contributed by atoms with Gasteiger partial charge in [-0.15, -0.1) is 0 Å². The van der Waals surface area contributed by atoms with Crippen LogP contribution in [0.3, 0.4) is 0 Å². The van der Waals surface area contributed by atoms with Crippen LogP contribution in [0.1, 0.15) is 133 Å². The lowest BCUT2D eigenvalue weighted by atomic mass is 9.33. The Balaban J connectivity index is 0.855. The van der Waals surface area contributed by atoms with Crippen molar-refractivity contribution in [2.75, 3.05) is 39.6 Å². The average molecular weight is 1690 g/mol. The van der Waals surface area contributed by atoms with E-state index >= 15 is 4.79 Å². The van der Waals surface area contributed by atoms with E-state index in [1.807, 2.05) is 33.8 Å². The van der Waals surface area contributed by atoms with Crippen molar-refractivity contribution in [1.82, 2.24) is 0 Å². The molecular weight excluding hydrogens is 1570 g/mol. The van der Waals surface area contributed by atoms with E-state index in [0.717, 1.165) is 12.5 Å². The van der Waals surface area contributed by atoms with Crippen molar-refractivity contribution in [3.05, 3.63) is 11.6 Å². The van der Waals surface area contributed by atoms with Crippen LogP contribution in [0.15, 0.2) is 11.6 Å². The lowest BCUT2D eigenvalue weighted by Gasteiger charge is -2.71. The van der Waals surface area contributed by atoms with Gasteiger partial charge in [-0.3, -0.25) is 19.2 Å². The number of aliphatic carboxylic acids is 2. The van der Waals surface area contributed by atoms with Gasteiger partial charge >= 0.3 is 23.9 Å². The SMILES string of the molecule is CC1OC(OC2C(O)C(C)OC(OC(=O)C34CCC(C)(C)CC3C3=CCC5C6(C)CC(O)C(OC7OC(CO)C(O)C(O)C7O)C(C)(C(=O)O)C6CCC5(C)C3(CO)CC4)C2OC2OC(C)C(OC3OCC(OC4OC(CO)C(O)C(O)C4O)C(O)C3O)C(OC3OCC(O)(COC(=O)CC(C)(O)CC(=O)O)C3O)C2O)C(O)C(O)C1O. The Kier molecular flexibility index (Phi) is 27.4. The van der Waals surface area contributed by atoms with Gasteiger partial charge in [0.2, 0.25) is 6.29 Å². The van der Waals surface area contributed by atoms with Gasteiger partial charge < -0.3 is 183 Å². The van der Waals surface area contributed by atoms with Gasteiger partial charge in [-0.2, -0.15) is 0 Å². The maximum Gasteiger partial charge on any atom is 0.315 e. The summed E-state index contributed by atoms with van der Waals surface area (Å²) in [7, 11) is 0. The monoisotopic (exact) mass is 1690 g/mol.